The number of methoxy groups -OCH3 is 1. The van der Waals surface area contributed by atoms with E-state index >= 15 is 0 Å². The molecule has 0 spiro atoms. The van der Waals surface area contributed by atoms with Crippen molar-refractivity contribution in [1.82, 2.24) is 0 Å². The molecule has 0 saturated heterocycles. The molecule has 1 heterocycles. The molecular formula is C10H15O6P. The molecule has 1 rings (SSSR count). The summed E-state index contributed by atoms with van der Waals surface area (Å²) in [5, 5.41) is 0. The van der Waals surface area contributed by atoms with Crippen LogP contribution in [0.2, 0.25) is 0 Å². The van der Waals surface area contributed by atoms with Crippen molar-refractivity contribution in [3.63, 3.8) is 0 Å². The van der Waals surface area contributed by atoms with E-state index in [1.165, 1.54) is 27.4 Å². The smallest absolute Gasteiger partial charge is 0.338 e. The molecule has 0 aliphatic rings. The second-order valence-electron chi connectivity index (χ2n) is 3.26. The van der Waals surface area contributed by atoms with Gasteiger partial charge in [-0.25, -0.2) is 0 Å². The molecule has 7 heteroatoms. The van der Waals surface area contributed by atoms with Crippen molar-refractivity contribution in [2.24, 2.45) is 0 Å². The molecule has 1 aromatic rings. The Morgan fingerprint density at radius 3 is 2.47 bits per heavy atom. The van der Waals surface area contributed by atoms with E-state index in [0.717, 1.165) is 0 Å². The Hall–Kier alpha value is -0.940. The lowest BCUT2D eigenvalue weighted by Crippen LogP contribution is -2.07. The maximum absolute atomic E-state index is 11.7. The maximum atomic E-state index is 11.7. The fourth-order valence-corrected chi connectivity index (χ4v) is 2.12. The largest absolute Gasteiger partial charge is 0.455 e. The molecule has 0 aromatic carbocycles. The highest BCUT2D eigenvalue weighted by Crippen LogP contribution is 2.46. The first-order valence-corrected chi connectivity index (χ1v) is 6.59. The average Bonchev–Trinajstić information content (AvgIpc) is 2.78. The van der Waals surface area contributed by atoms with Gasteiger partial charge >= 0.3 is 7.60 Å². The first kappa shape index (κ1) is 14.1. The second-order valence-corrected chi connectivity index (χ2v) is 5.52. The Morgan fingerprint density at radius 2 is 1.94 bits per heavy atom. The van der Waals surface area contributed by atoms with Crippen LogP contribution in [-0.4, -0.2) is 33.3 Å². The van der Waals surface area contributed by atoms with Crippen LogP contribution in [0.4, 0.5) is 0 Å². The summed E-state index contributed by atoms with van der Waals surface area (Å²) in [5.41, 5.74) is 0. The molecular weight excluding hydrogens is 247 g/mol. The zero-order valence-electron chi connectivity index (χ0n) is 9.97. The summed E-state index contributed by atoms with van der Waals surface area (Å²) in [6.45, 7) is 0.277. The minimum Gasteiger partial charge on any atom is -0.455 e. The van der Waals surface area contributed by atoms with Gasteiger partial charge < -0.3 is 18.2 Å². The third-order valence-corrected chi connectivity index (χ3v) is 3.90. The molecule has 0 aliphatic heterocycles. The van der Waals surface area contributed by atoms with Gasteiger partial charge in [-0.3, -0.25) is 9.36 Å². The Morgan fingerprint density at radius 1 is 1.29 bits per heavy atom. The van der Waals surface area contributed by atoms with Gasteiger partial charge in [0.1, 0.15) is 18.5 Å². The van der Waals surface area contributed by atoms with Crippen molar-refractivity contribution in [2.75, 3.05) is 27.5 Å². The number of carbonyl (C=O) groups is 1. The third-order valence-electron chi connectivity index (χ3n) is 2.12. The predicted octanol–water partition coefficient (Wildman–Crippen LogP) is 2.09. The molecule has 6 nitrogen and oxygen atoms in total. The number of hydrogen-bond acceptors (Lipinski definition) is 6. The summed E-state index contributed by atoms with van der Waals surface area (Å²) in [6.07, 6.45) is -0.347. The lowest BCUT2D eigenvalue weighted by Gasteiger charge is -2.11. The normalized spacial score (nSPS) is 11.7. The van der Waals surface area contributed by atoms with Gasteiger partial charge in [0.05, 0.1) is 0 Å². The Kier molecular flexibility index (Phi) is 5.08. The number of ketones is 1. The average molecular weight is 262 g/mol. The predicted molar refractivity (Wildman–Crippen MR) is 60.2 cm³/mol. The Labute approximate surface area is 99.4 Å². The molecule has 0 N–H and O–H groups in total. The topological polar surface area (TPSA) is 75.0 Å². The molecule has 0 saturated carbocycles. The summed E-state index contributed by atoms with van der Waals surface area (Å²) in [5.74, 6) is 0.214. The maximum Gasteiger partial charge on any atom is 0.338 e. The number of carbonyl (C=O) groups excluding carboxylic acids is 1. The molecule has 0 fully saturated rings. The Balaban J connectivity index is 2.72. The van der Waals surface area contributed by atoms with Crippen molar-refractivity contribution in [3.05, 3.63) is 23.7 Å². The molecule has 17 heavy (non-hydrogen) atoms. The number of ether oxygens (including phenoxy) is 1. The van der Waals surface area contributed by atoms with Crippen molar-refractivity contribution in [1.29, 1.82) is 0 Å². The van der Waals surface area contributed by atoms with Crippen molar-refractivity contribution >= 4 is 13.4 Å². The van der Waals surface area contributed by atoms with E-state index < -0.39 is 13.4 Å². The quantitative estimate of drug-likeness (QED) is 0.553. The first-order chi connectivity index (χ1) is 8.04. The fourth-order valence-electron chi connectivity index (χ4n) is 1.21. The van der Waals surface area contributed by atoms with E-state index in [1.54, 1.807) is 6.07 Å². The van der Waals surface area contributed by atoms with Gasteiger partial charge in [-0.05, 0) is 12.1 Å². The Bertz CT molecular complexity index is 416. The summed E-state index contributed by atoms with van der Waals surface area (Å²) < 4.78 is 31.2. The summed E-state index contributed by atoms with van der Waals surface area (Å²) >= 11 is 0. The van der Waals surface area contributed by atoms with Gasteiger partial charge in [-0.15, -0.1) is 0 Å². The highest BCUT2D eigenvalue weighted by molar-refractivity contribution is 7.54. The van der Waals surface area contributed by atoms with Crippen molar-refractivity contribution in [2.45, 2.75) is 6.61 Å². The number of furan rings is 1. The zero-order chi connectivity index (χ0) is 12.9. The number of Topliss-reactive ketones (excluding diaryl/α,β-unsaturated/α-hetero) is 1. The van der Waals surface area contributed by atoms with Crippen LogP contribution in [0.25, 0.3) is 0 Å². The van der Waals surface area contributed by atoms with E-state index in [4.69, 9.17) is 9.15 Å². The molecule has 96 valence electrons. The van der Waals surface area contributed by atoms with Crippen molar-refractivity contribution in [3.8, 4) is 0 Å². The molecule has 0 unspecified atom stereocenters. The molecule has 0 bridgehead atoms. The van der Waals surface area contributed by atoms with Gasteiger partial charge in [0.25, 0.3) is 0 Å². The minimum absolute atomic E-state index is 0.117. The van der Waals surface area contributed by atoms with Gasteiger partial charge in [-0.1, -0.05) is 0 Å². The molecule has 0 aliphatic carbocycles. The highest BCUT2D eigenvalue weighted by atomic mass is 31.2. The minimum atomic E-state index is -3.35. The standard InChI is InChI=1S/C10H15O6P/c1-13-6-8-4-5-10(16-8)9(11)7-17(12,14-2)15-3/h4-5H,6-7H2,1-3H3. The van der Waals surface area contributed by atoms with Crippen LogP contribution >= 0.6 is 7.60 Å². The fraction of sp³-hybridized carbons (Fsp3) is 0.500. The van der Waals surface area contributed by atoms with Crippen LogP contribution in [0.3, 0.4) is 0 Å². The van der Waals surface area contributed by atoms with E-state index in [1.807, 2.05) is 0 Å². The van der Waals surface area contributed by atoms with E-state index in [2.05, 4.69) is 9.05 Å². The SMILES string of the molecule is COCc1ccc(C(=O)CP(=O)(OC)OC)o1. The number of hydrogen-bond donors (Lipinski definition) is 0. The molecule has 0 atom stereocenters. The first-order valence-electron chi connectivity index (χ1n) is 4.86. The monoisotopic (exact) mass is 262 g/mol. The highest BCUT2D eigenvalue weighted by Gasteiger charge is 2.27. The van der Waals surface area contributed by atoms with Crippen LogP contribution in [-0.2, 0) is 25.0 Å². The second kappa shape index (κ2) is 6.12. The molecule has 0 amide bonds. The lowest BCUT2D eigenvalue weighted by molar-refractivity contribution is 0.0973. The van der Waals surface area contributed by atoms with Crippen LogP contribution in [0.5, 0.6) is 0 Å². The van der Waals surface area contributed by atoms with Crippen LogP contribution in [0.1, 0.15) is 16.3 Å². The van der Waals surface area contributed by atoms with Gasteiger partial charge in [0, 0.05) is 21.3 Å². The van der Waals surface area contributed by atoms with E-state index in [-0.39, 0.29) is 18.5 Å². The summed E-state index contributed by atoms with van der Waals surface area (Å²) in [4.78, 5) is 11.7. The number of rotatable bonds is 7. The summed E-state index contributed by atoms with van der Waals surface area (Å²) in [7, 11) is 0.637. The van der Waals surface area contributed by atoms with Crippen LogP contribution in [0, 0.1) is 0 Å². The van der Waals surface area contributed by atoms with Gasteiger partial charge in [0.15, 0.2) is 5.76 Å². The summed E-state index contributed by atoms with van der Waals surface area (Å²) in [6, 6.07) is 3.13. The van der Waals surface area contributed by atoms with Gasteiger partial charge in [-0.2, -0.15) is 0 Å². The van der Waals surface area contributed by atoms with E-state index in [0.29, 0.717) is 5.76 Å². The van der Waals surface area contributed by atoms with E-state index in [9.17, 15) is 9.36 Å². The van der Waals surface area contributed by atoms with Crippen LogP contribution < -0.4 is 0 Å². The van der Waals surface area contributed by atoms with Gasteiger partial charge in [0.2, 0.25) is 5.78 Å². The molecule has 0 radical (unpaired) electrons. The lowest BCUT2D eigenvalue weighted by atomic mass is 10.3. The third kappa shape index (κ3) is 3.78. The van der Waals surface area contributed by atoms with Crippen LogP contribution in [0.15, 0.2) is 16.5 Å². The van der Waals surface area contributed by atoms with Crippen molar-refractivity contribution < 1.29 is 27.6 Å². The zero-order valence-corrected chi connectivity index (χ0v) is 10.9. The molecule has 1 aromatic heterocycles.